The van der Waals surface area contributed by atoms with Crippen molar-refractivity contribution in [3.8, 4) is 0 Å². The second-order valence-corrected chi connectivity index (χ2v) is 5.08. The summed E-state index contributed by atoms with van der Waals surface area (Å²) in [7, 11) is 0. The van der Waals surface area contributed by atoms with Crippen molar-refractivity contribution in [1.82, 2.24) is 5.32 Å². The number of carbonyl (C=O) groups excluding carboxylic acids is 2. The molecule has 0 aliphatic carbocycles. The summed E-state index contributed by atoms with van der Waals surface area (Å²) in [6.07, 6.45) is 1.40. The molecule has 1 unspecified atom stereocenters. The average Bonchev–Trinajstić information content (AvgIpc) is 2.95. The maximum Gasteiger partial charge on any atom is 0.287 e. The highest BCUT2D eigenvalue weighted by atomic mass is 79.9. The van der Waals surface area contributed by atoms with Crippen molar-refractivity contribution < 1.29 is 14.0 Å². The molecule has 104 valence electrons. The molecule has 1 heterocycles. The first-order valence-corrected chi connectivity index (χ1v) is 6.76. The highest BCUT2D eigenvalue weighted by Gasteiger charge is 2.18. The summed E-state index contributed by atoms with van der Waals surface area (Å²) in [4.78, 5) is 23.7. The van der Waals surface area contributed by atoms with Gasteiger partial charge in [0.1, 0.15) is 6.04 Å². The molecule has 0 radical (unpaired) electrons. The lowest BCUT2D eigenvalue weighted by Crippen LogP contribution is -2.41. The molecule has 20 heavy (non-hydrogen) atoms. The van der Waals surface area contributed by atoms with E-state index in [4.69, 9.17) is 4.42 Å². The zero-order valence-electron chi connectivity index (χ0n) is 10.7. The lowest BCUT2D eigenvalue weighted by atomic mass is 10.2. The number of anilines is 1. The van der Waals surface area contributed by atoms with Crippen LogP contribution in [-0.4, -0.2) is 17.9 Å². The number of carbonyl (C=O) groups is 2. The SMILES string of the molecule is CC(NC(=O)c1ccco1)C(=O)Nc1ccc(Br)cc1. The van der Waals surface area contributed by atoms with Crippen LogP contribution in [0.1, 0.15) is 17.5 Å². The fourth-order valence-electron chi connectivity index (χ4n) is 1.52. The van der Waals surface area contributed by atoms with E-state index in [-0.39, 0.29) is 11.7 Å². The highest BCUT2D eigenvalue weighted by molar-refractivity contribution is 9.10. The van der Waals surface area contributed by atoms with E-state index in [0.717, 1.165) is 4.47 Å². The summed E-state index contributed by atoms with van der Waals surface area (Å²) in [6.45, 7) is 1.61. The minimum atomic E-state index is -0.670. The van der Waals surface area contributed by atoms with Crippen LogP contribution in [-0.2, 0) is 4.79 Å². The van der Waals surface area contributed by atoms with E-state index < -0.39 is 11.9 Å². The van der Waals surface area contributed by atoms with E-state index in [1.165, 1.54) is 12.3 Å². The number of benzene rings is 1. The molecular weight excluding hydrogens is 324 g/mol. The van der Waals surface area contributed by atoms with E-state index >= 15 is 0 Å². The van der Waals surface area contributed by atoms with Gasteiger partial charge in [-0.3, -0.25) is 9.59 Å². The van der Waals surface area contributed by atoms with Crippen molar-refractivity contribution in [1.29, 1.82) is 0 Å². The van der Waals surface area contributed by atoms with Crippen LogP contribution >= 0.6 is 15.9 Å². The molecule has 1 aromatic heterocycles. The molecule has 6 heteroatoms. The normalized spacial score (nSPS) is 11.7. The monoisotopic (exact) mass is 336 g/mol. The molecule has 2 aromatic rings. The molecule has 5 nitrogen and oxygen atoms in total. The maximum absolute atomic E-state index is 11.9. The van der Waals surface area contributed by atoms with Gasteiger partial charge < -0.3 is 15.1 Å². The van der Waals surface area contributed by atoms with Crippen molar-refractivity contribution in [3.05, 3.63) is 52.9 Å². The van der Waals surface area contributed by atoms with E-state index in [1.807, 2.05) is 12.1 Å². The van der Waals surface area contributed by atoms with Crippen molar-refractivity contribution >= 4 is 33.4 Å². The molecule has 2 rings (SSSR count). The molecule has 0 aliphatic rings. The number of hydrogen-bond donors (Lipinski definition) is 2. The lowest BCUT2D eigenvalue weighted by molar-refractivity contribution is -0.117. The van der Waals surface area contributed by atoms with Gasteiger partial charge in [-0.05, 0) is 43.3 Å². The van der Waals surface area contributed by atoms with Crippen LogP contribution in [0.25, 0.3) is 0 Å². The van der Waals surface area contributed by atoms with Gasteiger partial charge in [-0.2, -0.15) is 0 Å². The van der Waals surface area contributed by atoms with Crippen LogP contribution in [0.4, 0.5) is 5.69 Å². The highest BCUT2D eigenvalue weighted by Crippen LogP contribution is 2.14. The fraction of sp³-hybridized carbons (Fsp3) is 0.143. The molecule has 2 amide bonds. The van der Waals surface area contributed by atoms with Gasteiger partial charge in [-0.25, -0.2) is 0 Å². The quantitative estimate of drug-likeness (QED) is 0.901. The first kappa shape index (κ1) is 14.3. The van der Waals surface area contributed by atoms with Crippen molar-refractivity contribution in [2.45, 2.75) is 13.0 Å². The first-order valence-electron chi connectivity index (χ1n) is 5.97. The Bertz CT molecular complexity index is 593. The van der Waals surface area contributed by atoms with Crippen LogP contribution in [0.5, 0.6) is 0 Å². The van der Waals surface area contributed by atoms with Gasteiger partial charge in [0.05, 0.1) is 6.26 Å². The Morgan fingerprint density at radius 3 is 2.50 bits per heavy atom. The smallest absolute Gasteiger partial charge is 0.287 e. The Kier molecular flexibility index (Phi) is 4.57. The molecule has 2 N–H and O–H groups in total. The molecule has 0 bridgehead atoms. The Morgan fingerprint density at radius 1 is 1.20 bits per heavy atom. The van der Waals surface area contributed by atoms with Gasteiger partial charge in [-0.15, -0.1) is 0 Å². The summed E-state index contributed by atoms with van der Waals surface area (Å²) < 4.78 is 5.88. The van der Waals surface area contributed by atoms with Crippen LogP contribution in [0, 0.1) is 0 Å². The van der Waals surface area contributed by atoms with E-state index in [9.17, 15) is 9.59 Å². The summed E-state index contributed by atoms with van der Waals surface area (Å²) in [5.74, 6) is -0.547. The Hall–Kier alpha value is -2.08. The van der Waals surface area contributed by atoms with Gasteiger partial charge in [0, 0.05) is 10.2 Å². The molecule has 1 aromatic carbocycles. The van der Waals surface area contributed by atoms with Gasteiger partial charge in [0.2, 0.25) is 5.91 Å². The van der Waals surface area contributed by atoms with E-state index in [2.05, 4.69) is 26.6 Å². The third-order valence-corrected chi connectivity index (χ3v) is 3.13. The van der Waals surface area contributed by atoms with E-state index in [0.29, 0.717) is 5.69 Å². The predicted octanol–water partition coefficient (Wildman–Crippen LogP) is 2.80. The number of furan rings is 1. The fourth-order valence-corrected chi connectivity index (χ4v) is 1.79. The Balaban J connectivity index is 1.92. The number of rotatable bonds is 4. The Labute approximate surface area is 124 Å². The number of amides is 2. The largest absolute Gasteiger partial charge is 0.459 e. The van der Waals surface area contributed by atoms with Gasteiger partial charge in [0.15, 0.2) is 5.76 Å². The molecule has 0 fully saturated rings. The topological polar surface area (TPSA) is 71.3 Å². The second-order valence-electron chi connectivity index (χ2n) is 4.17. The summed E-state index contributed by atoms with van der Waals surface area (Å²) in [6, 6.07) is 9.65. The van der Waals surface area contributed by atoms with Gasteiger partial charge in [-0.1, -0.05) is 15.9 Å². The third-order valence-electron chi connectivity index (χ3n) is 2.60. The average molecular weight is 337 g/mol. The first-order chi connectivity index (χ1) is 9.56. The van der Waals surface area contributed by atoms with Crippen LogP contribution < -0.4 is 10.6 Å². The molecular formula is C14H13BrN2O3. The van der Waals surface area contributed by atoms with Crippen LogP contribution in [0.3, 0.4) is 0 Å². The number of halogens is 1. The van der Waals surface area contributed by atoms with Gasteiger partial charge in [0.25, 0.3) is 5.91 Å². The molecule has 0 aliphatic heterocycles. The number of hydrogen-bond acceptors (Lipinski definition) is 3. The van der Waals surface area contributed by atoms with Crippen LogP contribution in [0.15, 0.2) is 51.6 Å². The van der Waals surface area contributed by atoms with Crippen molar-refractivity contribution in [2.75, 3.05) is 5.32 Å². The minimum Gasteiger partial charge on any atom is -0.459 e. The molecule has 0 spiro atoms. The van der Waals surface area contributed by atoms with Gasteiger partial charge >= 0.3 is 0 Å². The zero-order chi connectivity index (χ0) is 14.5. The lowest BCUT2D eigenvalue weighted by Gasteiger charge is -2.13. The third kappa shape index (κ3) is 3.71. The van der Waals surface area contributed by atoms with Crippen molar-refractivity contribution in [2.24, 2.45) is 0 Å². The number of nitrogens with one attached hydrogen (secondary N) is 2. The Morgan fingerprint density at radius 2 is 1.90 bits per heavy atom. The molecule has 0 saturated heterocycles. The summed E-state index contributed by atoms with van der Waals surface area (Å²) in [5.41, 5.74) is 0.664. The molecule has 0 saturated carbocycles. The minimum absolute atomic E-state index is 0.174. The van der Waals surface area contributed by atoms with Crippen molar-refractivity contribution in [3.63, 3.8) is 0 Å². The molecule has 1 atom stereocenters. The standard InChI is InChI=1S/C14H13BrN2O3/c1-9(16-14(19)12-3-2-8-20-12)13(18)17-11-6-4-10(15)5-7-11/h2-9H,1H3,(H,16,19)(H,17,18). The summed E-state index contributed by atoms with van der Waals surface area (Å²) in [5, 5.41) is 5.27. The second kappa shape index (κ2) is 6.38. The van der Waals surface area contributed by atoms with Crippen LogP contribution in [0.2, 0.25) is 0 Å². The maximum atomic E-state index is 11.9. The summed E-state index contributed by atoms with van der Waals surface area (Å²) >= 11 is 3.32. The van der Waals surface area contributed by atoms with E-state index in [1.54, 1.807) is 25.1 Å². The predicted molar refractivity (Wildman–Crippen MR) is 78.4 cm³/mol. The zero-order valence-corrected chi connectivity index (χ0v) is 12.3.